The average molecular weight is 247 g/mol. The van der Waals surface area contributed by atoms with Gasteiger partial charge in [0.05, 0.1) is 10.9 Å². The van der Waals surface area contributed by atoms with Gasteiger partial charge in [0.1, 0.15) is 12.0 Å². The van der Waals surface area contributed by atoms with E-state index in [0.717, 1.165) is 5.52 Å². The highest BCUT2D eigenvalue weighted by Crippen LogP contribution is 2.06. The molecule has 0 unspecified atom stereocenters. The summed E-state index contributed by atoms with van der Waals surface area (Å²) in [6.07, 6.45) is 3.12. The van der Waals surface area contributed by atoms with E-state index in [1.54, 1.807) is 16.8 Å². The van der Waals surface area contributed by atoms with E-state index < -0.39 is 0 Å². The van der Waals surface area contributed by atoms with Crippen LogP contribution in [0.15, 0.2) is 59.8 Å². The summed E-state index contributed by atoms with van der Waals surface area (Å²) in [5, 5.41) is 0.556. The van der Waals surface area contributed by atoms with E-state index in [1.165, 1.54) is 6.33 Å². The van der Waals surface area contributed by atoms with Crippen LogP contribution in [0.2, 0.25) is 0 Å². The highest BCUT2D eigenvalue weighted by Gasteiger charge is 2.00. The molecule has 0 atom stereocenters. The zero-order valence-corrected chi connectivity index (χ0v) is 9.95. The number of pyridine rings is 1. The van der Waals surface area contributed by atoms with E-state index in [9.17, 15) is 4.79 Å². The molecule has 0 aliphatic rings. The molecule has 0 saturated carbocycles. The molecular formula is C15H9N3O. The second kappa shape index (κ2) is 4.75. The summed E-state index contributed by atoms with van der Waals surface area (Å²) in [6.45, 7) is 0. The van der Waals surface area contributed by atoms with Gasteiger partial charge in [-0.3, -0.25) is 9.36 Å². The van der Waals surface area contributed by atoms with Crippen molar-refractivity contribution in [1.82, 2.24) is 14.5 Å². The Hall–Kier alpha value is -2.93. The smallest absolute Gasteiger partial charge is 0.267 e. The van der Waals surface area contributed by atoms with E-state index in [1.807, 2.05) is 36.4 Å². The minimum atomic E-state index is -0.244. The molecule has 90 valence electrons. The molecule has 3 aromatic rings. The minimum absolute atomic E-state index is 0.244. The van der Waals surface area contributed by atoms with Crippen molar-refractivity contribution in [3.8, 4) is 12.0 Å². The van der Waals surface area contributed by atoms with E-state index in [0.29, 0.717) is 11.1 Å². The van der Waals surface area contributed by atoms with Crippen molar-refractivity contribution in [1.29, 1.82) is 0 Å². The molecule has 3 rings (SSSR count). The molecule has 0 saturated heterocycles. The van der Waals surface area contributed by atoms with Gasteiger partial charge in [-0.25, -0.2) is 4.98 Å². The van der Waals surface area contributed by atoms with Gasteiger partial charge in [-0.05, 0) is 30.2 Å². The maximum atomic E-state index is 11.6. The quantitative estimate of drug-likeness (QED) is 0.567. The molecule has 0 aliphatic heterocycles. The zero-order valence-electron chi connectivity index (χ0n) is 9.95. The second-order valence-corrected chi connectivity index (χ2v) is 3.89. The van der Waals surface area contributed by atoms with Crippen LogP contribution < -0.4 is 5.56 Å². The fourth-order valence-corrected chi connectivity index (χ4v) is 1.75. The van der Waals surface area contributed by atoms with Crippen LogP contribution >= 0.6 is 0 Å². The zero-order chi connectivity index (χ0) is 13.1. The second-order valence-electron chi connectivity index (χ2n) is 3.89. The summed E-state index contributed by atoms with van der Waals surface area (Å²) in [7, 11) is 0. The van der Waals surface area contributed by atoms with E-state index >= 15 is 0 Å². The lowest BCUT2D eigenvalue weighted by atomic mass is 10.2. The molecule has 2 heterocycles. The van der Waals surface area contributed by atoms with Gasteiger partial charge >= 0.3 is 0 Å². The Kier molecular flexibility index (Phi) is 2.79. The van der Waals surface area contributed by atoms with Crippen molar-refractivity contribution in [3.63, 3.8) is 0 Å². The van der Waals surface area contributed by atoms with Gasteiger partial charge in [0.25, 0.3) is 5.56 Å². The third-order valence-corrected chi connectivity index (χ3v) is 2.65. The molecule has 0 fully saturated rings. The van der Waals surface area contributed by atoms with Crippen LogP contribution in [0.5, 0.6) is 0 Å². The molecule has 4 nitrogen and oxygen atoms in total. The highest BCUT2D eigenvalue weighted by molar-refractivity contribution is 5.78. The lowest BCUT2D eigenvalue weighted by Crippen LogP contribution is -2.10. The van der Waals surface area contributed by atoms with Gasteiger partial charge in [-0.1, -0.05) is 18.2 Å². The van der Waals surface area contributed by atoms with Gasteiger partial charge in [0, 0.05) is 12.2 Å². The fourth-order valence-electron chi connectivity index (χ4n) is 1.75. The van der Waals surface area contributed by atoms with Gasteiger partial charge in [0.2, 0.25) is 0 Å². The van der Waals surface area contributed by atoms with Crippen LogP contribution in [0.3, 0.4) is 0 Å². The van der Waals surface area contributed by atoms with Crippen LogP contribution in [0.4, 0.5) is 0 Å². The molecule has 4 heteroatoms. The van der Waals surface area contributed by atoms with E-state index in [2.05, 4.69) is 21.9 Å². The lowest BCUT2D eigenvalue weighted by molar-refractivity contribution is 1.05. The van der Waals surface area contributed by atoms with Crippen LogP contribution in [-0.2, 0) is 0 Å². The van der Waals surface area contributed by atoms with Crippen LogP contribution in [0, 0.1) is 12.0 Å². The SMILES string of the molecule is O=c1ncn(C#Cc2ccccn2)c2ccccc12. The average Bonchev–Trinajstić information content (AvgIpc) is 2.48. The number of hydrogen-bond acceptors (Lipinski definition) is 3. The number of hydrogen-bond donors (Lipinski definition) is 0. The number of nitrogens with zero attached hydrogens (tertiary/aromatic N) is 3. The molecule has 0 amide bonds. The summed E-state index contributed by atoms with van der Waals surface area (Å²) in [5.41, 5.74) is 1.17. The molecule has 0 bridgehead atoms. The standard InChI is InChI=1S/C15H9N3O/c19-15-13-6-1-2-7-14(13)18(11-17-15)10-8-12-5-3-4-9-16-12/h1-7,9,11H. The van der Waals surface area contributed by atoms with E-state index in [-0.39, 0.29) is 5.56 Å². The van der Waals surface area contributed by atoms with Gasteiger partial charge in [0.15, 0.2) is 0 Å². The molecule has 2 aromatic heterocycles. The Morgan fingerprint density at radius 3 is 2.68 bits per heavy atom. The summed E-state index contributed by atoms with van der Waals surface area (Å²) in [6, 6.07) is 15.7. The number of fused-ring (bicyclic) bond motifs is 1. The predicted octanol–water partition coefficient (Wildman–Crippen LogP) is 1.65. The Bertz CT molecular complexity index is 842. The van der Waals surface area contributed by atoms with Crippen molar-refractivity contribution in [2.75, 3.05) is 0 Å². The third-order valence-electron chi connectivity index (χ3n) is 2.65. The Morgan fingerprint density at radius 1 is 1.00 bits per heavy atom. The maximum absolute atomic E-state index is 11.6. The van der Waals surface area contributed by atoms with E-state index in [4.69, 9.17) is 0 Å². The van der Waals surface area contributed by atoms with Crippen molar-refractivity contribution >= 4 is 10.9 Å². The molecule has 0 radical (unpaired) electrons. The van der Waals surface area contributed by atoms with Crippen molar-refractivity contribution in [2.24, 2.45) is 0 Å². The Balaban J connectivity index is 2.15. The molecule has 0 spiro atoms. The van der Waals surface area contributed by atoms with Crippen LogP contribution in [0.25, 0.3) is 10.9 Å². The first-order valence-corrected chi connectivity index (χ1v) is 5.74. The van der Waals surface area contributed by atoms with Gasteiger partial charge in [-0.2, -0.15) is 4.98 Å². The topological polar surface area (TPSA) is 47.8 Å². The van der Waals surface area contributed by atoms with Crippen LogP contribution in [-0.4, -0.2) is 14.5 Å². The first-order chi connectivity index (χ1) is 9.34. The number of aromatic nitrogens is 3. The number of para-hydroxylation sites is 1. The van der Waals surface area contributed by atoms with Crippen LogP contribution in [0.1, 0.15) is 5.69 Å². The predicted molar refractivity (Wildman–Crippen MR) is 72.5 cm³/mol. The maximum Gasteiger partial charge on any atom is 0.280 e. The Morgan fingerprint density at radius 2 is 1.84 bits per heavy atom. The summed E-state index contributed by atoms with van der Waals surface area (Å²) in [5.74, 6) is 2.93. The summed E-state index contributed by atoms with van der Waals surface area (Å²) >= 11 is 0. The third kappa shape index (κ3) is 2.22. The number of rotatable bonds is 0. The van der Waals surface area contributed by atoms with Gasteiger partial charge in [-0.15, -0.1) is 0 Å². The monoisotopic (exact) mass is 247 g/mol. The first-order valence-electron chi connectivity index (χ1n) is 5.74. The molecular weight excluding hydrogens is 238 g/mol. The first kappa shape index (κ1) is 11.2. The van der Waals surface area contributed by atoms with Crippen molar-refractivity contribution in [3.05, 3.63) is 71.0 Å². The minimum Gasteiger partial charge on any atom is -0.267 e. The highest BCUT2D eigenvalue weighted by atomic mass is 16.1. The molecule has 0 aliphatic carbocycles. The van der Waals surface area contributed by atoms with Crippen molar-refractivity contribution < 1.29 is 0 Å². The lowest BCUT2D eigenvalue weighted by Gasteiger charge is -2.00. The normalized spacial score (nSPS) is 9.89. The molecule has 19 heavy (non-hydrogen) atoms. The number of benzene rings is 1. The molecule has 0 N–H and O–H groups in total. The Labute approximate surface area is 109 Å². The largest absolute Gasteiger partial charge is 0.280 e. The fraction of sp³-hybridized carbons (Fsp3) is 0. The van der Waals surface area contributed by atoms with Crippen molar-refractivity contribution in [2.45, 2.75) is 0 Å². The van der Waals surface area contributed by atoms with Gasteiger partial charge < -0.3 is 0 Å². The summed E-state index contributed by atoms with van der Waals surface area (Å²) in [4.78, 5) is 19.5. The molecule has 1 aromatic carbocycles. The summed E-state index contributed by atoms with van der Waals surface area (Å²) < 4.78 is 1.63.